The van der Waals surface area contributed by atoms with E-state index in [9.17, 15) is 28.3 Å². The van der Waals surface area contributed by atoms with E-state index < -0.39 is 84.6 Å². The zero-order valence-electron chi connectivity index (χ0n) is 30.1. The number of ether oxygens (including phenoxy) is 3. The highest BCUT2D eigenvalue weighted by Crippen LogP contribution is 2.48. The van der Waals surface area contributed by atoms with Gasteiger partial charge in [-0.2, -0.15) is 4.39 Å². The number of hydrogen-bond acceptors (Lipinski definition) is 9. The van der Waals surface area contributed by atoms with Crippen molar-refractivity contribution in [2.45, 2.75) is 125 Å². The van der Waals surface area contributed by atoms with Crippen molar-refractivity contribution in [1.29, 1.82) is 0 Å². The van der Waals surface area contributed by atoms with Crippen LogP contribution in [-0.4, -0.2) is 89.8 Å². The summed E-state index contributed by atoms with van der Waals surface area (Å²) in [4.78, 5) is 47.1. The number of nitrogens with zero attached hydrogens (tertiary/aromatic N) is 2. The molecule has 14 nitrogen and oxygen atoms in total. The zero-order chi connectivity index (χ0) is 37.7. The molecule has 2 aliphatic heterocycles. The van der Waals surface area contributed by atoms with Crippen LogP contribution in [0.15, 0.2) is 44.9 Å². The van der Waals surface area contributed by atoms with Crippen LogP contribution in [0.4, 0.5) is 4.39 Å². The van der Waals surface area contributed by atoms with Crippen molar-refractivity contribution in [2.24, 2.45) is 0 Å². The molecule has 282 valence electrons. The number of halogens is 1. The van der Waals surface area contributed by atoms with Gasteiger partial charge in [-0.25, -0.2) is 22.4 Å². The molecule has 3 heterocycles. The van der Waals surface area contributed by atoms with Crippen LogP contribution >= 0.6 is 7.75 Å². The lowest BCUT2D eigenvalue weighted by atomic mass is 9.91. The van der Waals surface area contributed by atoms with Crippen molar-refractivity contribution in [3.05, 3.63) is 62.7 Å². The number of aromatic nitrogens is 2. The van der Waals surface area contributed by atoms with Crippen molar-refractivity contribution in [3.8, 4) is 0 Å². The summed E-state index contributed by atoms with van der Waals surface area (Å²) in [5.74, 6) is -2.12. The van der Waals surface area contributed by atoms with Crippen LogP contribution in [0.2, 0.25) is 18.1 Å². The maximum Gasteiger partial charge on any atom is 0.402 e. The van der Waals surface area contributed by atoms with Gasteiger partial charge in [0.2, 0.25) is 5.82 Å². The highest BCUT2D eigenvalue weighted by Gasteiger charge is 2.54. The predicted octanol–water partition coefficient (Wildman–Crippen LogP) is 4.22. The van der Waals surface area contributed by atoms with E-state index in [2.05, 4.69) is 0 Å². The monoisotopic (exact) mass is 763 g/mol. The Morgan fingerprint density at radius 2 is 1.80 bits per heavy atom. The van der Waals surface area contributed by atoms with Crippen LogP contribution in [0.1, 0.15) is 72.1 Å². The number of hydrogen-bond donors (Lipinski definition) is 3. The molecule has 0 spiro atoms. The Bertz CT molecular complexity index is 1810. The Morgan fingerprint density at radius 1 is 1.18 bits per heavy atom. The Morgan fingerprint density at radius 3 is 2.34 bits per heavy atom. The second kappa shape index (κ2) is 14.4. The Labute approximate surface area is 293 Å². The number of benzene rings is 1. The summed E-state index contributed by atoms with van der Waals surface area (Å²) >= 11 is 0. The molecule has 18 heteroatoms. The van der Waals surface area contributed by atoms with E-state index in [1.807, 2.05) is 38.8 Å². The SMILES string of the molecule is Cc1ccc(S(=O)(=O)C(CCC2COC(C)(C)O2)(C[C@H]2O[C@@H](n3cc(F)c(=O)[nH]c3=O)C[C@@H]2O[Si](C)(C)C(C)(C)C)CN(C)P(=O)(O)O)cc1. The van der Waals surface area contributed by atoms with Gasteiger partial charge in [0.25, 0.3) is 5.56 Å². The van der Waals surface area contributed by atoms with Crippen molar-refractivity contribution in [2.75, 3.05) is 20.2 Å². The van der Waals surface area contributed by atoms with Crippen LogP contribution in [0.5, 0.6) is 0 Å². The third kappa shape index (κ3) is 8.93. The van der Waals surface area contributed by atoms with E-state index >= 15 is 8.42 Å². The summed E-state index contributed by atoms with van der Waals surface area (Å²) in [7, 11) is -10.8. The molecule has 0 bridgehead atoms. The average molecular weight is 764 g/mol. The van der Waals surface area contributed by atoms with Crippen LogP contribution in [-0.2, 0) is 33.0 Å². The first-order valence-corrected chi connectivity index (χ1v) is 22.5. The summed E-state index contributed by atoms with van der Waals surface area (Å²) in [5, 5.41) is -0.297. The fraction of sp³-hybridized carbons (Fsp3) is 0.688. The van der Waals surface area contributed by atoms with E-state index in [0.29, 0.717) is 4.67 Å². The molecule has 2 unspecified atom stereocenters. The molecule has 0 aliphatic carbocycles. The van der Waals surface area contributed by atoms with Gasteiger partial charge in [-0.3, -0.25) is 14.3 Å². The highest BCUT2D eigenvalue weighted by atomic mass is 32.2. The molecule has 3 N–H and O–H groups in total. The molecule has 2 aliphatic rings. The molecule has 0 amide bonds. The first-order chi connectivity index (χ1) is 22.8. The van der Waals surface area contributed by atoms with Gasteiger partial charge in [-0.15, -0.1) is 0 Å². The summed E-state index contributed by atoms with van der Waals surface area (Å²) in [6.45, 7) is 14.9. The van der Waals surface area contributed by atoms with Crippen molar-refractivity contribution in [3.63, 3.8) is 0 Å². The molecule has 2 saturated heterocycles. The molecular weight excluding hydrogens is 712 g/mol. The molecule has 2 fully saturated rings. The molecule has 1 aromatic heterocycles. The second-order valence-corrected chi connectivity index (χ2v) is 24.3. The van der Waals surface area contributed by atoms with Crippen LogP contribution < -0.4 is 11.2 Å². The minimum atomic E-state index is -4.96. The van der Waals surface area contributed by atoms with E-state index in [4.69, 9.17) is 18.6 Å². The zero-order valence-corrected chi connectivity index (χ0v) is 32.8. The Hall–Kier alpha value is -2.05. The van der Waals surface area contributed by atoms with Crippen LogP contribution in [0.3, 0.4) is 0 Å². The minimum Gasteiger partial charge on any atom is -0.411 e. The molecule has 0 saturated carbocycles. The van der Waals surface area contributed by atoms with Gasteiger partial charge in [-0.1, -0.05) is 38.5 Å². The largest absolute Gasteiger partial charge is 0.411 e. The lowest BCUT2D eigenvalue weighted by molar-refractivity contribution is -0.139. The fourth-order valence-electron chi connectivity index (χ4n) is 6.16. The summed E-state index contributed by atoms with van der Waals surface area (Å²) in [6.07, 6.45) is -3.09. The van der Waals surface area contributed by atoms with Gasteiger partial charge < -0.3 is 28.4 Å². The van der Waals surface area contributed by atoms with Crippen molar-refractivity contribution in [1.82, 2.24) is 14.2 Å². The number of rotatable bonds is 13. The molecule has 5 atom stereocenters. The quantitative estimate of drug-likeness (QED) is 0.195. The number of aryl methyl sites for hydroxylation is 1. The van der Waals surface area contributed by atoms with Gasteiger partial charge >= 0.3 is 13.4 Å². The Balaban J connectivity index is 1.89. The van der Waals surface area contributed by atoms with Crippen molar-refractivity contribution >= 4 is 25.9 Å². The maximum absolute atomic E-state index is 15.0. The molecule has 4 rings (SSSR count). The first-order valence-electron chi connectivity index (χ1n) is 16.5. The van der Waals surface area contributed by atoms with Gasteiger partial charge in [-0.05, 0) is 77.3 Å². The number of H-pyrrole nitrogens is 1. The van der Waals surface area contributed by atoms with Gasteiger partial charge in [0.15, 0.2) is 23.9 Å². The topological polar surface area (TPSA) is 187 Å². The molecular formula is C32H51FN3O11PSSi. The van der Waals surface area contributed by atoms with Gasteiger partial charge in [0.05, 0.1) is 40.8 Å². The molecule has 1 aromatic carbocycles. The van der Waals surface area contributed by atoms with E-state index in [1.165, 1.54) is 12.1 Å². The fourth-order valence-corrected chi connectivity index (χ4v) is 10.2. The third-order valence-corrected chi connectivity index (χ3v) is 18.2. The maximum atomic E-state index is 15.0. The van der Waals surface area contributed by atoms with Crippen LogP contribution in [0.25, 0.3) is 0 Å². The minimum absolute atomic E-state index is 0.00528. The number of sulfone groups is 1. The lowest BCUT2D eigenvalue weighted by Gasteiger charge is -2.42. The molecule has 2 aromatic rings. The smallest absolute Gasteiger partial charge is 0.402 e. The standard InChI is InChI=1S/C32H51FN3O11PSSi/c1-21-10-12-23(13-11-21)49(42,43)32(20-35(7)48(39,40)41,15-14-22-19-44-31(5,6)46-22)17-26-25(47-50(8,9)30(2,3)4)16-27(45-26)36-18-24(33)28(37)34-29(36)38/h10-13,18,22,25-27H,14-17,19-20H2,1-9H3,(H,34,37,38)(H2,39,40,41)/t22?,25-,26+,27+,32?/m0/s1. The average Bonchev–Trinajstić information content (AvgIpc) is 3.53. The van der Waals surface area contributed by atoms with E-state index in [-0.39, 0.29) is 42.2 Å². The number of nitrogens with one attached hydrogen (secondary N) is 1. The Kier molecular flexibility index (Phi) is 11.7. The predicted molar refractivity (Wildman–Crippen MR) is 186 cm³/mol. The third-order valence-electron chi connectivity index (χ3n) is 10.1. The summed E-state index contributed by atoms with van der Waals surface area (Å²) in [5.41, 5.74) is -1.31. The summed E-state index contributed by atoms with van der Waals surface area (Å²) in [6, 6.07) is 6.20. The normalized spacial score (nSPS) is 24.5. The second-order valence-electron chi connectivity index (χ2n) is 15.4. The highest BCUT2D eigenvalue weighted by molar-refractivity contribution is 7.93. The van der Waals surface area contributed by atoms with E-state index in [0.717, 1.165) is 23.4 Å². The lowest BCUT2D eigenvalue weighted by Crippen LogP contribution is -2.52. The first kappa shape index (κ1) is 40.7. The van der Waals surface area contributed by atoms with Crippen molar-refractivity contribution < 1.29 is 45.8 Å². The van der Waals surface area contributed by atoms with E-state index in [1.54, 1.807) is 32.9 Å². The van der Waals surface area contributed by atoms with Gasteiger partial charge in [0, 0.05) is 13.0 Å². The van der Waals surface area contributed by atoms with Crippen LogP contribution in [0, 0.1) is 12.7 Å². The summed E-state index contributed by atoms with van der Waals surface area (Å²) < 4.78 is 81.8. The molecule has 50 heavy (non-hydrogen) atoms. The molecule has 0 radical (unpaired) electrons. The van der Waals surface area contributed by atoms with Gasteiger partial charge in [0.1, 0.15) is 6.23 Å². The number of aromatic amines is 1.